The first-order valence-corrected chi connectivity index (χ1v) is 4.32. The Hall–Kier alpha value is -1.91. The second-order valence-electron chi connectivity index (χ2n) is 3.10. The Bertz CT molecular complexity index is 426. The van der Waals surface area contributed by atoms with Gasteiger partial charge in [-0.25, -0.2) is 0 Å². The molecule has 80 valence electrons. The maximum Gasteiger partial charge on any atom is 0.286 e. The number of benzene rings is 1. The predicted octanol–water partition coefficient (Wildman–Crippen LogP) is 2.11. The van der Waals surface area contributed by atoms with Crippen LogP contribution in [0.25, 0.3) is 0 Å². The van der Waals surface area contributed by atoms with Gasteiger partial charge in [-0.15, -0.1) is 0 Å². The first-order chi connectivity index (χ1) is 6.99. The minimum absolute atomic E-state index is 0.110. The normalized spacial score (nSPS) is 9.80. The van der Waals surface area contributed by atoms with Gasteiger partial charge in [-0.1, -0.05) is 0 Å². The van der Waals surface area contributed by atoms with Crippen molar-refractivity contribution in [3.63, 3.8) is 0 Å². The molecule has 0 aliphatic carbocycles. The lowest BCUT2D eigenvalue weighted by molar-refractivity contribution is -0.385. The molecule has 0 amide bonds. The lowest BCUT2D eigenvalue weighted by Gasteiger charge is -2.07. The van der Waals surface area contributed by atoms with Gasteiger partial charge in [0, 0.05) is 0 Å². The van der Waals surface area contributed by atoms with Gasteiger partial charge in [0.2, 0.25) is 0 Å². The molecule has 1 aromatic rings. The number of ether oxygens (including phenoxy) is 1. The van der Waals surface area contributed by atoms with E-state index in [1.54, 1.807) is 13.0 Å². The molecule has 0 bridgehead atoms. The van der Waals surface area contributed by atoms with Crippen molar-refractivity contribution < 1.29 is 14.5 Å². The molecule has 0 aromatic heterocycles. The van der Waals surface area contributed by atoms with Crippen molar-refractivity contribution in [2.24, 2.45) is 0 Å². The number of Topliss-reactive ketones (excluding diaryl/α,β-unsaturated/α-hetero) is 1. The highest BCUT2D eigenvalue weighted by molar-refractivity contribution is 5.98. The molecule has 0 unspecified atom stereocenters. The molecule has 1 aromatic carbocycles. The van der Waals surface area contributed by atoms with Crippen LogP contribution >= 0.6 is 0 Å². The predicted molar refractivity (Wildman–Crippen MR) is 54.4 cm³/mol. The summed E-state index contributed by atoms with van der Waals surface area (Å²) >= 11 is 0. The lowest BCUT2D eigenvalue weighted by Crippen LogP contribution is -2.03. The maximum atomic E-state index is 11.2. The molecule has 1 rings (SSSR count). The number of nitro benzene ring substituents is 1. The van der Waals surface area contributed by atoms with Crippen molar-refractivity contribution >= 4 is 11.5 Å². The van der Waals surface area contributed by atoms with Crippen LogP contribution in [-0.4, -0.2) is 17.8 Å². The van der Waals surface area contributed by atoms with Gasteiger partial charge in [0.1, 0.15) is 5.75 Å². The van der Waals surface area contributed by atoms with Gasteiger partial charge in [0.05, 0.1) is 23.2 Å². The van der Waals surface area contributed by atoms with Crippen molar-refractivity contribution in [3.05, 3.63) is 33.4 Å². The van der Waals surface area contributed by atoms with Gasteiger partial charge in [0.25, 0.3) is 5.69 Å². The van der Waals surface area contributed by atoms with Crippen LogP contribution in [0.4, 0.5) is 5.69 Å². The summed E-state index contributed by atoms with van der Waals surface area (Å²) < 4.78 is 4.95. The van der Waals surface area contributed by atoms with Gasteiger partial charge in [-0.2, -0.15) is 0 Å². The van der Waals surface area contributed by atoms with Crippen LogP contribution in [0.1, 0.15) is 22.8 Å². The van der Waals surface area contributed by atoms with Gasteiger partial charge in [-0.3, -0.25) is 14.9 Å². The minimum atomic E-state index is -0.561. The molecule has 0 aliphatic heterocycles. The number of carbonyl (C=O) groups excluding carboxylic acids is 1. The first-order valence-electron chi connectivity index (χ1n) is 4.32. The van der Waals surface area contributed by atoms with Crippen LogP contribution in [0.2, 0.25) is 0 Å². The van der Waals surface area contributed by atoms with Crippen molar-refractivity contribution in [3.8, 4) is 5.75 Å². The van der Waals surface area contributed by atoms with Gasteiger partial charge >= 0.3 is 0 Å². The summed E-state index contributed by atoms with van der Waals surface area (Å²) in [4.78, 5) is 21.4. The van der Waals surface area contributed by atoms with E-state index in [0.29, 0.717) is 11.3 Å². The first kappa shape index (κ1) is 11.2. The summed E-state index contributed by atoms with van der Waals surface area (Å²) in [6.45, 7) is 2.86. The molecular formula is C10H11NO4. The largest absolute Gasteiger partial charge is 0.496 e. The molecule has 0 atom stereocenters. The van der Waals surface area contributed by atoms with Crippen LogP contribution < -0.4 is 4.74 Å². The molecule has 5 heteroatoms. The molecule has 5 nitrogen and oxygen atoms in total. The highest BCUT2D eigenvalue weighted by atomic mass is 16.6. The topological polar surface area (TPSA) is 69.4 Å². The highest BCUT2D eigenvalue weighted by Crippen LogP contribution is 2.31. The molecule has 0 heterocycles. The Morgan fingerprint density at radius 2 is 2.07 bits per heavy atom. The van der Waals surface area contributed by atoms with E-state index in [2.05, 4.69) is 0 Å². The monoisotopic (exact) mass is 209 g/mol. The van der Waals surface area contributed by atoms with E-state index in [4.69, 9.17) is 4.74 Å². The lowest BCUT2D eigenvalue weighted by atomic mass is 10.0. The molecular weight excluding hydrogens is 198 g/mol. The van der Waals surface area contributed by atoms with Crippen molar-refractivity contribution in [1.29, 1.82) is 0 Å². The molecule has 0 aliphatic rings. The van der Waals surface area contributed by atoms with E-state index in [1.807, 2.05) is 0 Å². The minimum Gasteiger partial charge on any atom is -0.496 e. The number of ketones is 1. The van der Waals surface area contributed by atoms with Crippen molar-refractivity contribution in [2.45, 2.75) is 13.8 Å². The highest BCUT2D eigenvalue weighted by Gasteiger charge is 2.22. The zero-order valence-electron chi connectivity index (χ0n) is 8.73. The summed E-state index contributed by atoms with van der Waals surface area (Å²) in [6.07, 6.45) is 0. The second-order valence-corrected chi connectivity index (χ2v) is 3.10. The number of carbonyl (C=O) groups is 1. The molecule has 0 radical (unpaired) electrons. The molecule has 0 saturated carbocycles. The van der Waals surface area contributed by atoms with Crippen molar-refractivity contribution in [1.82, 2.24) is 0 Å². The third kappa shape index (κ3) is 1.96. The fourth-order valence-corrected chi connectivity index (χ4v) is 1.42. The number of hydrogen-bond acceptors (Lipinski definition) is 4. The van der Waals surface area contributed by atoms with E-state index in [0.717, 1.165) is 0 Å². The van der Waals surface area contributed by atoms with Crippen molar-refractivity contribution in [2.75, 3.05) is 7.11 Å². The molecule has 0 spiro atoms. The Labute approximate surface area is 86.8 Å². The molecule has 15 heavy (non-hydrogen) atoms. The van der Waals surface area contributed by atoms with Crippen LogP contribution in [0.15, 0.2) is 12.1 Å². The Balaban J connectivity index is 3.51. The van der Waals surface area contributed by atoms with Gasteiger partial charge < -0.3 is 4.74 Å². The number of methoxy groups -OCH3 is 1. The van der Waals surface area contributed by atoms with E-state index >= 15 is 0 Å². The molecule has 0 fully saturated rings. The SMILES string of the molecule is COc1ccc(C(C)=O)c([N+](=O)[O-])c1C. The van der Waals surface area contributed by atoms with E-state index in [-0.39, 0.29) is 17.0 Å². The summed E-state index contributed by atoms with van der Waals surface area (Å²) in [5, 5.41) is 10.8. The van der Waals surface area contributed by atoms with E-state index in [1.165, 1.54) is 20.1 Å². The average Bonchev–Trinajstić information content (AvgIpc) is 2.16. The summed E-state index contributed by atoms with van der Waals surface area (Å²) in [7, 11) is 1.43. The van der Waals surface area contributed by atoms with Crippen LogP contribution in [0.5, 0.6) is 5.75 Å². The quantitative estimate of drug-likeness (QED) is 0.434. The van der Waals surface area contributed by atoms with Gasteiger partial charge in [0.15, 0.2) is 5.78 Å². The summed E-state index contributed by atoms with van der Waals surface area (Å²) in [5.74, 6) is 0.0825. The van der Waals surface area contributed by atoms with E-state index in [9.17, 15) is 14.9 Å². The van der Waals surface area contributed by atoms with Crippen LogP contribution in [-0.2, 0) is 0 Å². The number of nitrogens with zero attached hydrogens (tertiary/aromatic N) is 1. The fourth-order valence-electron chi connectivity index (χ4n) is 1.42. The third-order valence-electron chi connectivity index (χ3n) is 2.16. The van der Waals surface area contributed by atoms with E-state index < -0.39 is 4.92 Å². The second kappa shape index (κ2) is 4.08. The van der Waals surface area contributed by atoms with Crippen LogP contribution in [0.3, 0.4) is 0 Å². The fraction of sp³-hybridized carbons (Fsp3) is 0.300. The number of nitro groups is 1. The Morgan fingerprint density at radius 1 is 1.47 bits per heavy atom. The Kier molecular flexibility index (Phi) is 3.04. The average molecular weight is 209 g/mol. The number of rotatable bonds is 3. The summed E-state index contributed by atoms with van der Waals surface area (Å²) in [5.41, 5.74) is 0.301. The van der Waals surface area contributed by atoms with Gasteiger partial charge in [-0.05, 0) is 26.0 Å². The smallest absolute Gasteiger partial charge is 0.286 e. The van der Waals surface area contributed by atoms with Crippen LogP contribution in [0, 0.1) is 17.0 Å². The zero-order valence-corrected chi connectivity index (χ0v) is 8.73. The standard InChI is InChI=1S/C10H11NO4/c1-6-9(15-3)5-4-8(7(2)12)10(6)11(13)14/h4-5H,1-3H3. The Morgan fingerprint density at radius 3 is 2.47 bits per heavy atom. The maximum absolute atomic E-state index is 11.2. The summed E-state index contributed by atoms with van der Waals surface area (Å²) in [6, 6.07) is 2.96. The molecule has 0 saturated heterocycles. The third-order valence-corrected chi connectivity index (χ3v) is 2.16. The zero-order chi connectivity index (χ0) is 11.6. The number of hydrogen-bond donors (Lipinski definition) is 0. The molecule has 0 N–H and O–H groups in total.